The van der Waals surface area contributed by atoms with Crippen LogP contribution in [0.3, 0.4) is 0 Å². The molecule has 1 aliphatic carbocycles. The minimum absolute atomic E-state index is 0.682. The van der Waals surface area contributed by atoms with Gasteiger partial charge in [0.25, 0.3) is 0 Å². The lowest BCUT2D eigenvalue weighted by atomic mass is 10.2. The van der Waals surface area contributed by atoms with Crippen molar-refractivity contribution < 1.29 is 0 Å². The van der Waals surface area contributed by atoms with Crippen LogP contribution >= 0.6 is 0 Å². The predicted molar refractivity (Wildman–Crippen MR) is 42.9 cm³/mol. The van der Waals surface area contributed by atoms with Gasteiger partial charge in [-0.2, -0.15) is 0 Å². The van der Waals surface area contributed by atoms with Gasteiger partial charge in [0, 0.05) is 11.6 Å². The Labute approximate surface area is 61.8 Å². The summed E-state index contributed by atoms with van der Waals surface area (Å²) in [5.74, 6) is 5.98. The van der Waals surface area contributed by atoms with Gasteiger partial charge in [-0.25, -0.2) is 0 Å². The van der Waals surface area contributed by atoms with Gasteiger partial charge in [0.05, 0.1) is 0 Å². The molecule has 3 N–H and O–H groups in total. The lowest BCUT2D eigenvalue weighted by molar-refractivity contribution is 0.786. The first kappa shape index (κ1) is 7.35. The van der Waals surface area contributed by atoms with E-state index in [0.29, 0.717) is 5.92 Å². The van der Waals surface area contributed by atoms with Crippen LogP contribution in [0.5, 0.6) is 0 Å². The molecule has 0 radical (unpaired) electrons. The maximum absolute atomic E-state index is 5.30. The van der Waals surface area contributed by atoms with E-state index in [0.717, 1.165) is 11.3 Å². The number of allylic oxidation sites excluding steroid dienone is 3. The molecule has 0 aromatic carbocycles. The van der Waals surface area contributed by atoms with Crippen molar-refractivity contribution in [3.8, 4) is 0 Å². The smallest absolute Gasteiger partial charge is 0.0292 e. The van der Waals surface area contributed by atoms with Gasteiger partial charge in [0.2, 0.25) is 0 Å². The Morgan fingerprint density at radius 2 is 2.30 bits per heavy atom. The van der Waals surface area contributed by atoms with E-state index in [4.69, 9.17) is 5.84 Å². The maximum Gasteiger partial charge on any atom is 0.0292 e. The zero-order valence-corrected chi connectivity index (χ0v) is 6.35. The Bertz CT molecular complexity index is 166. The summed E-state index contributed by atoms with van der Waals surface area (Å²) in [5, 5.41) is 0. The normalized spacial score (nSPS) is 18.8. The highest BCUT2D eigenvalue weighted by atomic mass is 15.2. The van der Waals surface area contributed by atoms with Gasteiger partial charge in [-0.1, -0.05) is 12.2 Å². The van der Waals surface area contributed by atoms with E-state index in [-0.39, 0.29) is 0 Å². The Morgan fingerprint density at radius 1 is 1.70 bits per heavy atom. The molecule has 56 valence electrons. The molecular formula is C8H14N2. The van der Waals surface area contributed by atoms with Crippen LogP contribution in [-0.2, 0) is 0 Å². The minimum Gasteiger partial charge on any atom is -0.328 e. The van der Waals surface area contributed by atoms with Gasteiger partial charge >= 0.3 is 0 Å². The molecule has 0 bridgehead atoms. The van der Waals surface area contributed by atoms with E-state index in [1.807, 2.05) is 13.0 Å². The highest BCUT2D eigenvalue weighted by Gasteiger charge is 2.25. The van der Waals surface area contributed by atoms with Crippen molar-refractivity contribution in [2.45, 2.75) is 19.8 Å². The summed E-state index contributed by atoms with van der Waals surface area (Å²) in [7, 11) is 0. The molecule has 0 unspecified atom stereocenters. The van der Waals surface area contributed by atoms with Gasteiger partial charge in [-0.3, -0.25) is 5.84 Å². The van der Waals surface area contributed by atoms with Gasteiger partial charge in [-0.15, -0.1) is 0 Å². The van der Waals surface area contributed by atoms with E-state index in [9.17, 15) is 0 Å². The van der Waals surface area contributed by atoms with Gasteiger partial charge in [-0.05, 0) is 25.8 Å². The first-order chi connectivity index (χ1) is 4.74. The SMILES string of the molecule is C=C(C)/C=C(\NN)C1CC1. The highest BCUT2D eigenvalue weighted by Crippen LogP contribution is 2.34. The molecule has 1 rings (SSSR count). The fourth-order valence-corrected chi connectivity index (χ4v) is 0.937. The summed E-state index contributed by atoms with van der Waals surface area (Å²) >= 11 is 0. The van der Waals surface area contributed by atoms with E-state index in [1.165, 1.54) is 12.8 Å². The van der Waals surface area contributed by atoms with Crippen LogP contribution in [0.25, 0.3) is 0 Å². The molecule has 0 amide bonds. The standard InChI is InChI=1S/C8H14N2/c1-6(2)5-8(10-9)7-3-4-7/h5,7,10H,1,3-4,9H2,2H3/b8-5-. The Hall–Kier alpha value is -0.760. The summed E-state index contributed by atoms with van der Waals surface area (Å²) in [6, 6.07) is 0. The van der Waals surface area contributed by atoms with Crippen molar-refractivity contribution in [3.63, 3.8) is 0 Å². The summed E-state index contributed by atoms with van der Waals surface area (Å²) < 4.78 is 0. The Balaban J connectivity index is 2.53. The largest absolute Gasteiger partial charge is 0.328 e. The maximum atomic E-state index is 5.30. The number of nitrogens with one attached hydrogen (secondary N) is 1. The molecule has 0 aromatic heterocycles. The Kier molecular flexibility index (Phi) is 2.12. The fraction of sp³-hybridized carbons (Fsp3) is 0.500. The average molecular weight is 138 g/mol. The summed E-state index contributed by atoms with van der Waals surface area (Å²) in [6.45, 7) is 5.75. The molecule has 2 nitrogen and oxygen atoms in total. The Morgan fingerprint density at radius 3 is 2.60 bits per heavy atom. The molecule has 10 heavy (non-hydrogen) atoms. The quantitative estimate of drug-likeness (QED) is 0.350. The van der Waals surface area contributed by atoms with Crippen LogP contribution in [0.2, 0.25) is 0 Å². The number of hydrogen-bond acceptors (Lipinski definition) is 2. The van der Waals surface area contributed by atoms with Gasteiger partial charge < -0.3 is 5.43 Å². The predicted octanol–water partition coefficient (Wildman–Crippen LogP) is 1.32. The van der Waals surface area contributed by atoms with Crippen LogP contribution in [0.4, 0.5) is 0 Å². The second-order valence-electron chi connectivity index (χ2n) is 2.86. The second-order valence-corrected chi connectivity index (χ2v) is 2.86. The lowest BCUT2D eigenvalue weighted by Gasteiger charge is -2.02. The van der Waals surface area contributed by atoms with Crippen LogP contribution in [0.1, 0.15) is 19.8 Å². The van der Waals surface area contributed by atoms with Crippen molar-refractivity contribution in [2.24, 2.45) is 11.8 Å². The zero-order chi connectivity index (χ0) is 7.56. The first-order valence-electron chi connectivity index (χ1n) is 3.57. The molecule has 0 aromatic rings. The van der Waals surface area contributed by atoms with Crippen molar-refractivity contribution in [1.82, 2.24) is 5.43 Å². The topological polar surface area (TPSA) is 38.0 Å². The molecule has 0 atom stereocenters. The highest BCUT2D eigenvalue weighted by molar-refractivity contribution is 5.21. The molecule has 0 aliphatic heterocycles. The monoisotopic (exact) mass is 138 g/mol. The van der Waals surface area contributed by atoms with Gasteiger partial charge in [0.15, 0.2) is 0 Å². The third-order valence-corrected chi connectivity index (χ3v) is 1.59. The number of nitrogens with two attached hydrogens (primary N) is 1. The molecule has 2 heteroatoms. The zero-order valence-electron chi connectivity index (χ0n) is 6.35. The minimum atomic E-state index is 0.682. The molecule has 0 saturated heterocycles. The van der Waals surface area contributed by atoms with Crippen molar-refractivity contribution in [3.05, 3.63) is 23.9 Å². The number of rotatable bonds is 3. The molecule has 1 saturated carbocycles. The van der Waals surface area contributed by atoms with Crippen LogP contribution in [0.15, 0.2) is 23.9 Å². The van der Waals surface area contributed by atoms with Crippen molar-refractivity contribution in [1.29, 1.82) is 0 Å². The number of hydrogen-bond donors (Lipinski definition) is 2. The average Bonchev–Trinajstić information content (AvgIpc) is 2.63. The van der Waals surface area contributed by atoms with Crippen molar-refractivity contribution in [2.75, 3.05) is 0 Å². The third-order valence-electron chi connectivity index (χ3n) is 1.59. The van der Waals surface area contributed by atoms with Crippen LogP contribution in [-0.4, -0.2) is 0 Å². The molecule has 0 spiro atoms. The number of hydrazine groups is 1. The second kappa shape index (κ2) is 2.88. The van der Waals surface area contributed by atoms with E-state index >= 15 is 0 Å². The molecule has 0 heterocycles. The fourth-order valence-electron chi connectivity index (χ4n) is 0.937. The van der Waals surface area contributed by atoms with Crippen LogP contribution in [0, 0.1) is 5.92 Å². The van der Waals surface area contributed by atoms with E-state index < -0.39 is 0 Å². The molecular weight excluding hydrogens is 124 g/mol. The summed E-state index contributed by atoms with van der Waals surface area (Å²) in [5.41, 5.74) is 4.88. The summed E-state index contributed by atoms with van der Waals surface area (Å²) in [6.07, 6.45) is 4.55. The first-order valence-corrected chi connectivity index (χ1v) is 3.57. The van der Waals surface area contributed by atoms with Crippen molar-refractivity contribution >= 4 is 0 Å². The third kappa shape index (κ3) is 1.88. The molecule has 1 fully saturated rings. The van der Waals surface area contributed by atoms with E-state index in [1.54, 1.807) is 0 Å². The lowest BCUT2D eigenvalue weighted by Crippen LogP contribution is -2.22. The summed E-state index contributed by atoms with van der Waals surface area (Å²) in [4.78, 5) is 0. The van der Waals surface area contributed by atoms with Gasteiger partial charge in [0.1, 0.15) is 0 Å². The molecule has 1 aliphatic rings. The van der Waals surface area contributed by atoms with Crippen LogP contribution < -0.4 is 11.3 Å². The van der Waals surface area contributed by atoms with E-state index in [2.05, 4.69) is 12.0 Å².